The van der Waals surface area contributed by atoms with E-state index in [-0.39, 0.29) is 25.7 Å². The molecule has 1 aliphatic rings. The summed E-state index contributed by atoms with van der Waals surface area (Å²) in [5, 5.41) is 5.44. The van der Waals surface area contributed by atoms with Gasteiger partial charge in [0.15, 0.2) is 0 Å². The van der Waals surface area contributed by atoms with Gasteiger partial charge in [0.2, 0.25) is 5.91 Å². The molecule has 0 saturated carbocycles. The summed E-state index contributed by atoms with van der Waals surface area (Å²) in [6.45, 7) is 1.68. The lowest BCUT2D eigenvalue weighted by molar-refractivity contribution is -0.154. The first-order valence-electron chi connectivity index (χ1n) is 7.50. The lowest BCUT2D eigenvalue weighted by atomic mass is 10.0. The molecule has 1 saturated heterocycles. The highest BCUT2D eigenvalue weighted by atomic mass is 16.5. The smallest absolute Gasteiger partial charge is 0.325 e. The Morgan fingerprint density at radius 2 is 2.09 bits per heavy atom. The second-order valence-corrected chi connectivity index (χ2v) is 5.11. The van der Waals surface area contributed by atoms with Gasteiger partial charge in [0, 0.05) is 0 Å². The summed E-state index contributed by atoms with van der Waals surface area (Å²) < 4.78 is 9.81. The molecular formula is C16H20N2O5. The van der Waals surface area contributed by atoms with Gasteiger partial charge in [0.05, 0.1) is 6.61 Å². The second-order valence-electron chi connectivity index (χ2n) is 5.11. The first-order valence-corrected chi connectivity index (χ1v) is 7.50. The average molecular weight is 320 g/mol. The van der Waals surface area contributed by atoms with Crippen LogP contribution >= 0.6 is 0 Å². The monoisotopic (exact) mass is 320 g/mol. The fraction of sp³-hybridized carbons (Fsp3) is 0.438. The molecule has 0 aliphatic carbocycles. The van der Waals surface area contributed by atoms with Crippen molar-refractivity contribution in [3.8, 4) is 0 Å². The topological polar surface area (TPSA) is 93.7 Å². The minimum atomic E-state index is -0.684. The molecule has 7 heteroatoms. The van der Waals surface area contributed by atoms with Crippen molar-refractivity contribution in [2.24, 2.45) is 0 Å². The van der Waals surface area contributed by atoms with Crippen molar-refractivity contribution in [3.05, 3.63) is 35.9 Å². The van der Waals surface area contributed by atoms with Gasteiger partial charge in [0.1, 0.15) is 25.2 Å². The largest absolute Gasteiger partial charge is 0.465 e. The highest BCUT2D eigenvalue weighted by molar-refractivity contribution is 5.88. The summed E-state index contributed by atoms with van der Waals surface area (Å²) in [5.74, 6) is -1.29. The van der Waals surface area contributed by atoms with E-state index >= 15 is 0 Å². The summed E-state index contributed by atoms with van der Waals surface area (Å²) in [4.78, 5) is 35.1. The second kappa shape index (κ2) is 8.28. The van der Waals surface area contributed by atoms with Crippen molar-refractivity contribution in [2.75, 3.05) is 19.8 Å². The predicted molar refractivity (Wildman–Crippen MR) is 81.5 cm³/mol. The van der Waals surface area contributed by atoms with Crippen LogP contribution in [-0.4, -0.2) is 49.7 Å². The zero-order chi connectivity index (χ0) is 16.7. The maximum atomic E-state index is 12.0. The van der Waals surface area contributed by atoms with Crippen molar-refractivity contribution < 1.29 is 23.9 Å². The van der Waals surface area contributed by atoms with Crippen LogP contribution in [0.2, 0.25) is 0 Å². The van der Waals surface area contributed by atoms with Crippen LogP contribution in [0.25, 0.3) is 0 Å². The Morgan fingerprint density at radius 3 is 2.78 bits per heavy atom. The molecule has 1 aromatic rings. The summed E-state index contributed by atoms with van der Waals surface area (Å²) in [6, 6.07) is 8.18. The highest BCUT2D eigenvalue weighted by Gasteiger charge is 2.33. The number of carbonyl (C=O) groups is 3. The number of morpholine rings is 1. The molecule has 1 unspecified atom stereocenters. The van der Waals surface area contributed by atoms with Crippen LogP contribution in [0, 0.1) is 0 Å². The lowest BCUT2D eigenvalue weighted by Gasteiger charge is -2.29. The fourth-order valence-electron chi connectivity index (χ4n) is 2.26. The third-order valence-electron chi connectivity index (χ3n) is 3.39. The molecule has 2 N–H and O–H groups in total. The molecule has 1 heterocycles. The molecule has 7 nitrogen and oxygen atoms in total. The Hall–Kier alpha value is -2.41. The van der Waals surface area contributed by atoms with E-state index in [1.54, 1.807) is 6.92 Å². The number of carbonyl (C=O) groups excluding carboxylic acids is 3. The van der Waals surface area contributed by atoms with Gasteiger partial charge in [-0.15, -0.1) is 0 Å². The maximum Gasteiger partial charge on any atom is 0.325 e. The van der Waals surface area contributed by atoms with Crippen LogP contribution in [0.1, 0.15) is 12.5 Å². The molecule has 2 atom stereocenters. The zero-order valence-electron chi connectivity index (χ0n) is 12.9. The first kappa shape index (κ1) is 17.0. The Balaban J connectivity index is 1.88. The Morgan fingerprint density at radius 1 is 1.35 bits per heavy atom. The minimum absolute atomic E-state index is 0.0568. The van der Waals surface area contributed by atoms with Crippen LogP contribution < -0.4 is 10.6 Å². The van der Waals surface area contributed by atoms with E-state index in [9.17, 15) is 14.4 Å². The van der Waals surface area contributed by atoms with E-state index in [0.29, 0.717) is 6.42 Å². The highest BCUT2D eigenvalue weighted by Crippen LogP contribution is 2.09. The van der Waals surface area contributed by atoms with Gasteiger partial charge in [0.25, 0.3) is 0 Å². The summed E-state index contributed by atoms with van der Waals surface area (Å²) >= 11 is 0. The van der Waals surface area contributed by atoms with E-state index in [4.69, 9.17) is 9.47 Å². The molecule has 1 amide bonds. The number of esters is 2. The third kappa shape index (κ3) is 5.07. The molecule has 23 heavy (non-hydrogen) atoms. The number of benzene rings is 1. The molecule has 1 aromatic carbocycles. The SMILES string of the molecule is CCOC(=O)CNC(=O)C1COC(=O)[C@H](Cc2ccccc2)N1. The number of cyclic esters (lactones) is 1. The Bertz CT molecular complexity index is 561. The fourth-order valence-corrected chi connectivity index (χ4v) is 2.26. The van der Waals surface area contributed by atoms with Gasteiger partial charge in [-0.3, -0.25) is 19.7 Å². The van der Waals surface area contributed by atoms with Crippen LogP contribution in [0.3, 0.4) is 0 Å². The molecule has 0 spiro atoms. The zero-order valence-corrected chi connectivity index (χ0v) is 12.9. The molecule has 0 aromatic heterocycles. The van der Waals surface area contributed by atoms with Gasteiger partial charge >= 0.3 is 11.9 Å². The summed E-state index contributed by atoms with van der Waals surface area (Å²) in [6.07, 6.45) is 0.432. The Labute approximate surface area is 134 Å². The number of hydrogen-bond donors (Lipinski definition) is 2. The van der Waals surface area contributed by atoms with Gasteiger partial charge < -0.3 is 14.8 Å². The van der Waals surface area contributed by atoms with Crippen molar-refractivity contribution in [1.29, 1.82) is 0 Å². The van der Waals surface area contributed by atoms with Crippen molar-refractivity contribution >= 4 is 17.8 Å². The van der Waals surface area contributed by atoms with Crippen LogP contribution in [-0.2, 0) is 30.3 Å². The summed E-state index contributed by atoms with van der Waals surface area (Å²) in [7, 11) is 0. The van der Waals surface area contributed by atoms with Crippen molar-refractivity contribution in [1.82, 2.24) is 10.6 Å². The molecule has 1 aliphatic heterocycles. The molecule has 1 fully saturated rings. The van der Waals surface area contributed by atoms with E-state index < -0.39 is 24.0 Å². The van der Waals surface area contributed by atoms with Gasteiger partial charge in [-0.05, 0) is 18.9 Å². The van der Waals surface area contributed by atoms with Crippen molar-refractivity contribution in [2.45, 2.75) is 25.4 Å². The molecule has 0 radical (unpaired) electrons. The van der Waals surface area contributed by atoms with E-state index in [1.807, 2.05) is 30.3 Å². The molecular weight excluding hydrogens is 300 g/mol. The van der Waals surface area contributed by atoms with Crippen LogP contribution in [0.4, 0.5) is 0 Å². The first-order chi connectivity index (χ1) is 11.1. The lowest BCUT2D eigenvalue weighted by Crippen LogP contribution is -2.58. The quantitative estimate of drug-likeness (QED) is 0.705. The maximum absolute atomic E-state index is 12.0. The number of amides is 1. The number of nitrogens with one attached hydrogen (secondary N) is 2. The van der Waals surface area contributed by atoms with E-state index in [0.717, 1.165) is 5.56 Å². The third-order valence-corrected chi connectivity index (χ3v) is 3.39. The number of ether oxygens (including phenoxy) is 2. The van der Waals surface area contributed by atoms with Crippen LogP contribution in [0.15, 0.2) is 30.3 Å². The van der Waals surface area contributed by atoms with Gasteiger partial charge in [-0.1, -0.05) is 30.3 Å². The number of hydrogen-bond acceptors (Lipinski definition) is 6. The average Bonchev–Trinajstić information content (AvgIpc) is 2.56. The van der Waals surface area contributed by atoms with Gasteiger partial charge in [-0.25, -0.2) is 0 Å². The minimum Gasteiger partial charge on any atom is -0.465 e. The molecule has 2 rings (SSSR count). The van der Waals surface area contributed by atoms with Crippen LogP contribution in [0.5, 0.6) is 0 Å². The standard InChI is InChI=1S/C16H20N2O5/c1-2-22-14(19)9-17-15(20)13-10-23-16(21)12(18-13)8-11-6-4-3-5-7-11/h3-7,12-13,18H,2,8-10H2,1H3,(H,17,20)/t12-,13?/m0/s1. The van der Waals surface area contributed by atoms with E-state index in [1.165, 1.54) is 0 Å². The molecule has 0 bridgehead atoms. The van der Waals surface area contributed by atoms with E-state index in [2.05, 4.69) is 10.6 Å². The number of rotatable bonds is 6. The van der Waals surface area contributed by atoms with Gasteiger partial charge in [-0.2, -0.15) is 0 Å². The van der Waals surface area contributed by atoms with Crippen molar-refractivity contribution in [3.63, 3.8) is 0 Å². The molecule has 124 valence electrons. The summed E-state index contributed by atoms with van der Waals surface area (Å²) in [5.41, 5.74) is 0.967. The Kier molecular flexibility index (Phi) is 6.10. The predicted octanol–water partition coefficient (Wildman–Crippen LogP) is -0.208. The normalized spacial score (nSPS) is 20.5.